The van der Waals surface area contributed by atoms with E-state index in [1.54, 1.807) is 11.3 Å². The second-order valence-corrected chi connectivity index (χ2v) is 11.3. The van der Waals surface area contributed by atoms with Crippen LogP contribution in [-0.4, -0.2) is 57.2 Å². The third kappa shape index (κ3) is 4.42. The molecule has 5 N–H and O–H groups in total. The summed E-state index contributed by atoms with van der Waals surface area (Å²) in [6, 6.07) is 5.45. The van der Waals surface area contributed by atoms with E-state index >= 15 is 0 Å². The fraction of sp³-hybridized carbons (Fsp3) is 0.583. The molecule has 3 aromatic heterocycles. The molecule has 0 aromatic carbocycles. The Kier molecular flexibility index (Phi) is 5.74. The zero-order valence-electron chi connectivity index (χ0n) is 19.4. The quantitative estimate of drug-likeness (QED) is 0.326. The van der Waals surface area contributed by atoms with Gasteiger partial charge in [0.15, 0.2) is 5.82 Å². The highest BCUT2D eigenvalue weighted by molar-refractivity contribution is 7.16. The summed E-state index contributed by atoms with van der Waals surface area (Å²) < 4.78 is 0. The highest BCUT2D eigenvalue weighted by Gasteiger charge is 2.45. The minimum Gasteiger partial charge on any atom is -0.351 e. The minimum absolute atomic E-state index is 0.196. The third-order valence-corrected chi connectivity index (χ3v) is 8.40. The highest BCUT2D eigenvalue weighted by atomic mass is 32.1. The molecule has 1 unspecified atom stereocenters. The van der Waals surface area contributed by atoms with Crippen LogP contribution in [-0.2, 0) is 4.79 Å². The molecule has 0 aliphatic carbocycles. The molecular formula is C24H32N8OS. The van der Waals surface area contributed by atoms with Gasteiger partial charge in [-0.15, -0.1) is 11.3 Å². The molecule has 6 rings (SSSR count). The number of hydrogen-bond acceptors (Lipinski definition) is 9. The van der Waals surface area contributed by atoms with E-state index in [1.165, 1.54) is 19.1 Å². The zero-order chi connectivity index (χ0) is 23.1. The molecule has 3 saturated heterocycles. The van der Waals surface area contributed by atoms with Crippen LogP contribution in [0.2, 0.25) is 0 Å². The second-order valence-electron chi connectivity index (χ2n) is 10.4. The van der Waals surface area contributed by atoms with Gasteiger partial charge in [-0.05, 0) is 69.9 Å². The van der Waals surface area contributed by atoms with Crippen molar-refractivity contribution in [1.82, 2.24) is 30.8 Å². The molecule has 5 atom stereocenters. The van der Waals surface area contributed by atoms with E-state index < -0.39 is 0 Å². The lowest BCUT2D eigenvalue weighted by atomic mass is 9.66. The number of hydrogen-bond donors (Lipinski definition) is 5. The molecule has 0 radical (unpaired) electrons. The van der Waals surface area contributed by atoms with E-state index in [1.807, 2.05) is 24.4 Å². The Morgan fingerprint density at radius 3 is 2.82 bits per heavy atom. The summed E-state index contributed by atoms with van der Waals surface area (Å²) in [6.45, 7) is 3.06. The SMILES string of the molecule is Cc1cc(Nc2nc(N[C@H]3C[C@@H]4CC(C=O)(C[C@@H]5CCCN5)C[C@H](C3)N4)nc3sccc23)n[nH]1. The largest absolute Gasteiger partial charge is 0.351 e. The molecule has 180 valence electrons. The summed E-state index contributed by atoms with van der Waals surface area (Å²) in [5.41, 5.74) is 0.798. The van der Waals surface area contributed by atoms with Gasteiger partial charge in [0.05, 0.1) is 5.39 Å². The fourth-order valence-corrected chi connectivity index (χ4v) is 7.02. The number of H-pyrrole nitrogens is 1. The molecular weight excluding hydrogens is 448 g/mol. The molecule has 3 fully saturated rings. The van der Waals surface area contributed by atoms with Crippen LogP contribution < -0.4 is 21.3 Å². The summed E-state index contributed by atoms with van der Waals surface area (Å²) in [4.78, 5) is 22.8. The van der Waals surface area contributed by atoms with Crippen molar-refractivity contribution in [1.29, 1.82) is 0 Å². The van der Waals surface area contributed by atoms with Crippen LogP contribution in [0.25, 0.3) is 10.2 Å². The Balaban J connectivity index is 1.17. The van der Waals surface area contributed by atoms with Gasteiger partial charge in [-0.25, -0.2) is 4.98 Å². The van der Waals surface area contributed by atoms with Gasteiger partial charge >= 0.3 is 0 Å². The van der Waals surface area contributed by atoms with Crippen molar-refractivity contribution in [3.05, 3.63) is 23.2 Å². The van der Waals surface area contributed by atoms with Gasteiger partial charge in [-0.2, -0.15) is 10.1 Å². The summed E-state index contributed by atoms with van der Waals surface area (Å²) >= 11 is 1.61. The first kappa shape index (κ1) is 21.9. The molecule has 0 saturated carbocycles. The van der Waals surface area contributed by atoms with Crippen molar-refractivity contribution in [2.45, 2.75) is 76.0 Å². The maximum Gasteiger partial charge on any atom is 0.226 e. The number of fused-ring (bicyclic) bond motifs is 3. The monoisotopic (exact) mass is 480 g/mol. The van der Waals surface area contributed by atoms with Crippen LogP contribution in [0.5, 0.6) is 0 Å². The molecule has 3 aliphatic rings. The number of piperidine rings is 2. The lowest BCUT2D eigenvalue weighted by molar-refractivity contribution is -0.120. The van der Waals surface area contributed by atoms with Crippen LogP contribution in [0.3, 0.4) is 0 Å². The number of carbonyl (C=O) groups is 1. The molecule has 3 aromatic rings. The Bertz CT molecular complexity index is 1150. The average Bonchev–Trinajstić information content (AvgIpc) is 3.56. The van der Waals surface area contributed by atoms with Gasteiger partial charge in [0, 0.05) is 41.3 Å². The number of aldehydes is 1. The van der Waals surface area contributed by atoms with Crippen LogP contribution in [0.4, 0.5) is 17.6 Å². The normalized spacial score (nSPS) is 31.0. The van der Waals surface area contributed by atoms with Gasteiger partial charge in [0.25, 0.3) is 0 Å². The van der Waals surface area contributed by atoms with Gasteiger partial charge in [0.2, 0.25) is 5.95 Å². The fourth-order valence-electron chi connectivity index (χ4n) is 6.25. The average molecular weight is 481 g/mol. The third-order valence-electron chi connectivity index (χ3n) is 7.59. The Morgan fingerprint density at radius 2 is 2.12 bits per heavy atom. The van der Waals surface area contributed by atoms with Gasteiger partial charge in [-0.3, -0.25) is 5.10 Å². The molecule has 3 aliphatic heterocycles. The number of carbonyl (C=O) groups excluding carboxylic acids is 1. The van der Waals surface area contributed by atoms with E-state index in [0.717, 1.165) is 66.2 Å². The number of anilines is 3. The first-order chi connectivity index (χ1) is 16.6. The van der Waals surface area contributed by atoms with Crippen LogP contribution in [0, 0.1) is 12.3 Å². The number of nitrogens with one attached hydrogen (secondary N) is 5. The molecule has 9 nitrogen and oxygen atoms in total. The minimum atomic E-state index is -0.196. The molecule has 10 heteroatoms. The van der Waals surface area contributed by atoms with E-state index in [9.17, 15) is 4.79 Å². The second kappa shape index (κ2) is 8.90. The van der Waals surface area contributed by atoms with Crippen LogP contribution >= 0.6 is 11.3 Å². The summed E-state index contributed by atoms with van der Waals surface area (Å²) in [5.74, 6) is 2.15. The lowest BCUT2D eigenvalue weighted by Crippen LogP contribution is -2.58. The van der Waals surface area contributed by atoms with E-state index in [-0.39, 0.29) is 11.5 Å². The topological polar surface area (TPSA) is 120 Å². The van der Waals surface area contributed by atoms with Gasteiger partial charge in [-0.1, -0.05) is 0 Å². The number of rotatable bonds is 7. The predicted molar refractivity (Wildman–Crippen MR) is 135 cm³/mol. The summed E-state index contributed by atoms with van der Waals surface area (Å²) in [7, 11) is 0. The van der Waals surface area contributed by atoms with E-state index in [4.69, 9.17) is 9.97 Å². The van der Waals surface area contributed by atoms with E-state index in [0.29, 0.717) is 24.1 Å². The van der Waals surface area contributed by atoms with Crippen molar-refractivity contribution in [3.8, 4) is 0 Å². The molecule has 0 spiro atoms. The first-order valence-electron chi connectivity index (χ1n) is 12.3. The first-order valence-corrected chi connectivity index (χ1v) is 13.2. The highest BCUT2D eigenvalue weighted by Crippen LogP contribution is 2.42. The number of aromatic nitrogens is 4. The number of aromatic amines is 1. The number of aryl methyl sites for hydroxylation is 1. The maximum atomic E-state index is 12.3. The summed E-state index contributed by atoms with van der Waals surface area (Å²) in [6.07, 6.45) is 8.43. The van der Waals surface area contributed by atoms with Crippen molar-refractivity contribution in [2.24, 2.45) is 5.41 Å². The van der Waals surface area contributed by atoms with Crippen molar-refractivity contribution in [2.75, 3.05) is 17.2 Å². The zero-order valence-corrected chi connectivity index (χ0v) is 20.3. The van der Waals surface area contributed by atoms with Crippen LogP contribution in [0.1, 0.15) is 50.6 Å². The molecule has 0 amide bonds. The van der Waals surface area contributed by atoms with Gasteiger partial charge in [0.1, 0.15) is 16.9 Å². The van der Waals surface area contributed by atoms with Crippen molar-refractivity contribution in [3.63, 3.8) is 0 Å². The molecule has 6 heterocycles. The lowest BCUT2D eigenvalue weighted by Gasteiger charge is -2.48. The smallest absolute Gasteiger partial charge is 0.226 e. The standard InChI is InChI=1S/C24H32N8OS/c1-14-7-20(32-31-14)28-21-19-4-6-34-22(19)30-23(29-21)27-16-8-17-11-24(13-33,12-18(9-16)26-17)10-15-3-2-5-25-15/h4,6-7,13,15-18,25-26H,2-3,5,8-12H2,1H3,(H3,27,28,29,30,31,32)/t15-,16-,17+,18-,24?/m0/s1. The van der Waals surface area contributed by atoms with E-state index in [2.05, 4.69) is 31.5 Å². The molecule has 2 bridgehead atoms. The Labute approximate surface area is 202 Å². The van der Waals surface area contributed by atoms with Crippen molar-refractivity contribution < 1.29 is 4.79 Å². The number of nitrogens with zero attached hydrogens (tertiary/aromatic N) is 3. The van der Waals surface area contributed by atoms with Crippen molar-refractivity contribution >= 4 is 45.4 Å². The van der Waals surface area contributed by atoms with Gasteiger partial charge < -0.3 is 26.1 Å². The maximum absolute atomic E-state index is 12.3. The molecule has 34 heavy (non-hydrogen) atoms. The Morgan fingerprint density at radius 1 is 1.26 bits per heavy atom. The Hall–Kier alpha value is -2.56. The number of thiophene rings is 1. The van der Waals surface area contributed by atoms with Crippen LogP contribution in [0.15, 0.2) is 17.5 Å². The summed E-state index contributed by atoms with van der Waals surface area (Å²) in [5, 5.41) is 24.6. The predicted octanol–water partition coefficient (Wildman–Crippen LogP) is 3.49.